The van der Waals surface area contributed by atoms with E-state index in [4.69, 9.17) is 8.85 Å². The van der Waals surface area contributed by atoms with Gasteiger partial charge in [-0.25, -0.2) is 0 Å². The molecule has 1 aliphatic carbocycles. The summed E-state index contributed by atoms with van der Waals surface area (Å²) in [5.41, 5.74) is 0.652. The summed E-state index contributed by atoms with van der Waals surface area (Å²) in [7, 11) is 1.55. The van der Waals surface area contributed by atoms with Crippen LogP contribution >= 0.6 is 0 Å². The summed E-state index contributed by atoms with van der Waals surface area (Å²) in [6, 6.07) is 0. The minimum absolute atomic E-state index is 0.652. The smallest absolute Gasteiger partial charge is 0.386 e. The first-order chi connectivity index (χ1) is 8.75. The third kappa shape index (κ3) is 3.56. The van der Waals surface area contributed by atoms with Crippen molar-refractivity contribution >= 4 is 8.72 Å². The van der Waals surface area contributed by atoms with Gasteiger partial charge in [-0.2, -0.15) is 0 Å². The summed E-state index contributed by atoms with van der Waals surface area (Å²) in [5, 5.41) is 0. The maximum Gasteiger partial charge on any atom is 0.430 e. The molecule has 0 amide bonds. The SMILES string of the molecule is CCCN(CCC)[Si](OC)(OC)C1CCCCC1. The quantitative estimate of drug-likeness (QED) is 0.630. The van der Waals surface area contributed by atoms with Crippen molar-refractivity contribution in [2.45, 2.75) is 64.3 Å². The largest absolute Gasteiger partial charge is 0.430 e. The Morgan fingerprint density at radius 2 is 1.44 bits per heavy atom. The highest BCUT2D eigenvalue weighted by Gasteiger charge is 2.50. The van der Waals surface area contributed by atoms with Crippen molar-refractivity contribution in [1.29, 1.82) is 0 Å². The fraction of sp³-hybridized carbons (Fsp3) is 1.00. The second kappa shape index (κ2) is 8.30. The van der Waals surface area contributed by atoms with E-state index in [1.807, 2.05) is 14.2 Å². The molecule has 0 radical (unpaired) electrons. The fourth-order valence-corrected chi connectivity index (χ4v) is 7.44. The average Bonchev–Trinajstić information content (AvgIpc) is 2.42. The Balaban J connectivity index is 2.86. The molecule has 18 heavy (non-hydrogen) atoms. The standard InChI is InChI=1S/C14H31NO2Si/c1-5-12-15(13-6-2)18(16-3,17-4)14-10-8-7-9-11-14/h14H,5-13H2,1-4H3. The highest BCUT2D eigenvalue weighted by atomic mass is 28.4. The lowest BCUT2D eigenvalue weighted by molar-refractivity contribution is 0.140. The van der Waals surface area contributed by atoms with Crippen LogP contribution in [0.2, 0.25) is 5.54 Å². The molecule has 0 aromatic heterocycles. The van der Waals surface area contributed by atoms with Gasteiger partial charge in [-0.15, -0.1) is 0 Å². The van der Waals surface area contributed by atoms with Crippen LogP contribution in [0.5, 0.6) is 0 Å². The predicted octanol–water partition coefficient (Wildman–Crippen LogP) is 3.67. The Hall–Kier alpha value is 0.0969. The van der Waals surface area contributed by atoms with Crippen LogP contribution < -0.4 is 0 Å². The van der Waals surface area contributed by atoms with Gasteiger partial charge in [-0.1, -0.05) is 33.1 Å². The molecule has 108 valence electrons. The van der Waals surface area contributed by atoms with Gasteiger partial charge in [0.15, 0.2) is 0 Å². The Labute approximate surface area is 114 Å². The Morgan fingerprint density at radius 3 is 1.83 bits per heavy atom. The molecule has 0 aromatic carbocycles. The van der Waals surface area contributed by atoms with Crippen molar-refractivity contribution in [3.05, 3.63) is 0 Å². The number of nitrogens with zero attached hydrogens (tertiary/aromatic N) is 1. The van der Waals surface area contributed by atoms with E-state index in [1.54, 1.807) is 0 Å². The summed E-state index contributed by atoms with van der Waals surface area (Å²) in [5.74, 6) is 0. The van der Waals surface area contributed by atoms with Crippen LogP contribution in [0.3, 0.4) is 0 Å². The molecule has 0 heterocycles. The highest BCUT2D eigenvalue weighted by Crippen LogP contribution is 2.39. The van der Waals surface area contributed by atoms with Gasteiger partial charge in [0.25, 0.3) is 0 Å². The van der Waals surface area contributed by atoms with Crippen molar-refractivity contribution in [2.75, 3.05) is 27.3 Å². The van der Waals surface area contributed by atoms with E-state index in [2.05, 4.69) is 18.4 Å². The normalized spacial score (nSPS) is 18.5. The second-order valence-electron chi connectivity index (χ2n) is 5.36. The molecule has 0 N–H and O–H groups in total. The first-order valence-electron chi connectivity index (χ1n) is 7.60. The van der Waals surface area contributed by atoms with Gasteiger partial charge in [-0.3, -0.25) is 4.57 Å². The van der Waals surface area contributed by atoms with Gasteiger partial charge in [0.05, 0.1) is 0 Å². The van der Waals surface area contributed by atoms with Crippen LogP contribution in [0.4, 0.5) is 0 Å². The molecule has 1 fully saturated rings. The molecule has 0 spiro atoms. The van der Waals surface area contributed by atoms with Gasteiger partial charge >= 0.3 is 8.72 Å². The minimum Gasteiger partial charge on any atom is -0.386 e. The zero-order valence-electron chi connectivity index (χ0n) is 12.7. The topological polar surface area (TPSA) is 21.7 Å². The molecule has 0 unspecified atom stereocenters. The molecular weight excluding hydrogens is 242 g/mol. The third-order valence-electron chi connectivity index (χ3n) is 4.13. The zero-order valence-corrected chi connectivity index (χ0v) is 13.7. The summed E-state index contributed by atoms with van der Waals surface area (Å²) in [4.78, 5) is 0. The summed E-state index contributed by atoms with van der Waals surface area (Å²) >= 11 is 0. The Bertz CT molecular complexity index is 210. The van der Waals surface area contributed by atoms with E-state index in [-0.39, 0.29) is 0 Å². The lowest BCUT2D eigenvalue weighted by Gasteiger charge is -2.44. The van der Waals surface area contributed by atoms with E-state index >= 15 is 0 Å². The van der Waals surface area contributed by atoms with Crippen molar-refractivity contribution < 1.29 is 8.85 Å². The summed E-state index contributed by atoms with van der Waals surface area (Å²) in [6.07, 6.45) is 9.00. The third-order valence-corrected chi connectivity index (χ3v) is 8.24. The molecule has 4 heteroatoms. The first kappa shape index (κ1) is 16.2. The molecule has 0 bridgehead atoms. The zero-order chi connectivity index (χ0) is 13.4. The molecule has 0 aliphatic heterocycles. The summed E-state index contributed by atoms with van der Waals surface area (Å²) < 4.78 is 14.6. The monoisotopic (exact) mass is 273 g/mol. The molecule has 0 aromatic rings. The van der Waals surface area contributed by atoms with Crippen molar-refractivity contribution in [3.63, 3.8) is 0 Å². The second-order valence-corrected chi connectivity index (χ2v) is 8.89. The van der Waals surface area contributed by atoms with E-state index in [1.165, 1.54) is 44.9 Å². The molecule has 0 atom stereocenters. The van der Waals surface area contributed by atoms with Gasteiger partial charge in [0.2, 0.25) is 0 Å². The van der Waals surface area contributed by atoms with Crippen molar-refractivity contribution in [3.8, 4) is 0 Å². The lowest BCUT2D eigenvalue weighted by atomic mass is 10.0. The van der Waals surface area contributed by atoms with Gasteiger partial charge in [-0.05, 0) is 38.8 Å². The number of hydrogen-bond donors (Lipinski definition) is 0. The highest BCUT2D eigenvalue weighted by molar-refractivity contribution is 6.66. The summed E-state index contributed by atoms with van der Waals surface area (Å²) in [6.45, 7) is 6.71. The average molecular weight is 273 g/mol. The van der Waals surface area contributed by atoms with E-state index < -0.39 is 8.72 Å². The van der Waals surface area contributed by atoms with Crippen LogP contribution in [-0.2, 0) is 8.85 Å². The van der Waals surface area contributed by atoms with E-state index in [9.17, 15) is 0 Å². The van der Waals surface area contributed by atoms with Crippen LogP contribution in [0.25, 0.3) is 0 Å². The van der Waals surface area contributed by atoms with Crippen LogP contribution in [0, 0.1) is 0 Å². The lowest BCUT2D eigenvalue weighted by Crippen LogP contribution is -2.61. The molecule has 1 aliphatic rings. The van der Waals surface area contributed by atoms with Crippen molar-refractivity contribution in [2.24, 2.45) is 0 Å². The fourth-order valence-electron chi connectivity index (χ4n) is 3.36. The van der Waals surface area contributed by atoms with Crippen molar-refractivity contribution in [1.82, 2.24) is 4.57 Å². The van der Waals surface area contributed by atoms with Gasteiger partial charge in [0, 0.05) is 19.8 Å². The molecule has 1 saturated carbocycles. The van der Waals surface area contributed by atoms with Crippen LogP contribution in [0.1, 0.15) is 58.8 Å². The number of rotatable bonds is 8. The van der Waals surface area contributed by atoms with Gasteiger partial charge in [0.1, 0.15) is 0 Å². The first-order valence-corrected chi connectivity index (χ1v) is 9.44. The molecule has 3 nitrogen and oxygen atoms in total. The van der Waals surface area contributed by atoms with E-state index in [0.717, 1.165) is 13.1 Å². The minimum atomic E-state index is -2.18. The molecule has 1 rings (SSSR count). The van der Waals surface area contributed by atoms with E-state index in [0.29, 0.717) is 5.54 Å². The maximum absolute atomic E-state index is 6.04. The Morgan fingerprint density at radius 1 is 0.944 bits per heavy atom. The maximum atomic E-state index is 6.04. The van der Waals surface area contributed by atoms with Crippen LogP contribution in [0.15, 0.2) is 0 Å². The van der Waals surface area contributed by atoms with Crippen LogP contribution in [-0.4, -0.2) is 40.6 Å². The predicted molar refractivity (Wildman–Crippen MR) is 78.8 cm³/mol. The van der Waals surface area contributed by atoms with Gasteiger partial charge < -0.3 is 8.85 Å². The molecular formula is C14H31NO2Si. The molecule has 0 saturated heterocycles. The number of hydrogen-bond acceptors (Lipinski definition) is 3. The Kier molecular flexibility index (Phi) is 7.45.